The predicted octanol–water partition coefficient (Wildman–Crippen LogP) is 2.20. The maximum atomic E-state index is 11.6. The van der Waals surface area contributed by atoms with Gasteiger partial charge in [-0.05, 0) is 12.1 Å². The number of nitrogens with one attached hydrogen (secondary N) is 2. The van der Waals surface area contributed by atoms with Crippen LogP contribution in [0.2, 0.25) is 5.15 Å². The third kappa shape index (κ3) is 5.23. The predicted molar refractivity (Wildman–Crippen MR) is 125 cm³/mol. The van der Waals surface area contributed by atoms with Crippen LogP contribution in [0.1, 0.15) is 0 Å². The van der Waals surface area contributed by atoms with Crippen LogP contribution in [0, 0.1) is 0 Å². The minimum atomic E-state index is -3.41. The Balaban J connectivity index is 1.65. The van der Waals surface area contributed by atoms with Crippen LogP contribution < -0.4 is 14.8 Å². The van der Waals surface area contributed by atoms with Crippen LogP contribution in [0.15, 0.2) is 30.5 Å². The molecule has 1 aromatic carbocycles. The van der Waals surface area contributed by atoms with Gasteiger partial charge in [-0.3, -0.25) is 9.62 Å². The molecule has 0 radical (unpaired) electrons. The molecule has 0 atom stereocenters. The Hall–Kier alpha value is -2.60. The molecule has 2 aromatic heterocycles. The average Bonchev–Trinajstić information content (AvgIpc) is 3.10. The van der Waals surface area contributed by atoms with Crippen molar-refractivity contribution in [2.75, 3.05) is 62.8 Å². The van der Waals surface area contributed by atoms with Gasteiger partial charge in [0.2, 0.25) is 10.0 Å². The molecule has 0 unspecified atom stereocenters. The lowest BCUT2D eigenvalue weighted by molar-refractivity contribution is 0.0398. The van der Waals surface area contributed by atoms with Crippen molar-refractivity contribution < 1.29 is 17.9 Å². The van der Waals surface area contributed by atoms with Gasteiger partial charge in [0, 0.05) is 44.5 Å². The number of rotatable bonds is 8. The van der Waals surface area contributed by atoms with Crippen LogP contribution in [-0.4, -0.2) is 80.8 Å². The molecule has 0 spiro atoms. The Kier molecular flexibility index (Phi) is 6.70. The molecule has 1 saturated heterocycles. The summed E-state index contributed by atoms with van der Waals surface area (Å²) in [5.41, 5.74) is 1.79. The summed E-state index contributed by atoms with van der Waals surface area (Å²) in [5, 5.41) is 9.29. The van der Waals surface area contributed by atoms with Crippen LogP contribution >= 0.6 is 11.6 Å². The summed E-state index contributed by atoms with van der Waals surface area (Å²) in [5.74, 6) is 1.13. The first-order chi connectivity index (χ1) is 15.3. The van der Waals surface area contributed by atoms with Gasteiger partial charge in [0.1, 0.15) is 16.6 Å². The van der Waals surface area contributed by atoms with E-state index in [1.54, 1.807) is 35.1 Å². The van der Waals surface area contributed by atoms with E-state index in [0.717, 1.165) is 50.0 Å². The maximum absolute atomic E-state index is 11.6. The summed E-state index contributed by atoms with van der Waals surface area (Å²) in [6, 6.07) is 6.74. The summed E-state index contributed by atoms with van der Waals surface area (Å²) < 4.78 is 38.2. The monoisotopic (exact) mass is 480 g/mol. The fourth-order valence-electron chi connectivity index (χ4n) is 3.59. The Morgan fingerprint density at radius 1 is 1.25 bits per heavy atom. The number of halogens is 1. The van der Waals surface area contributed by atoms with Gasteiger partial charge in [0.25, 0.3) is 0 Å². The minimum absolute atomic E-state index is 0.341. The van der Waals surface area contributed by atoms with Gasteiger partial charge >= 0.3 is 0 Å². The van der Waals surface area contributed by atoms with Gasteiger partial charge in [-0.2, -0.15) is 0 Å². The molecule has 12 heteroatoms. The van der Waals surface area contributed by atoms with E-state index in [4.69, 9.17) is 26.2 Å². The number of aromatic nitrogens is 3. The van der Waals surface area contributed by atoms with E-state index in [1.807, 2.05) is 0 Å². The number of hydrogen-bond acceptors (Lipinski definition) is 8. The lowest BCUT2D eigenvalue weighted by atomic mass is 10.2. The molecule has 1 aliphatic rings. The highest BCUT2D eigenvalue weighted by atomic mass is 35.5. The molecular formula is C20H25ClN6O4S. The normalized spacial score (nSPS) is 15.1. The molecule has 10 nitrogen and oxygen atoms in total. The summed E-state index contributed by atoms with van der Waals surface area (Å²) >= 11 is 6.17. The van der Waals surface area contributed by atoms with E-state index in [1.165, 1.54) is 7.11 Å². The van der Waals surface area contributed by atoms with E-state index in [2.05, 4.69) is 19.9 Å². The smallest absolute Gasteiger partial charge is 0.229 e. The summed E-state index contributed by atoms with van der Waals surface area (Å²) in [7, 11) is -1.89. The zero-order valence-corrected chi connectivity index (χ0v) is 19.4. The first-order valence-corrected chi connectivity index (χ1v) is 12.4. The van der Waals surface area contributed by atoms with Crippen molar-refractivity contribution in [3.05, 3.63) is 35.6 Å². The lowest BCUT2D eigenvalue weighted by Crippen LogP contribution is -2.39. The third-order valence-electron chi connectivity index (χ3n) is 5.07. The molecule has 2 N–H and O–H groups in total. The fraction of sp³-hybridized carbons (Fsp3) is 0.400. The molecular weight excluding hydrogens is 456 g/mol. The number of benzene rings is 1. The van der Waals surface area contributed by atoms with Gasteiger partial charge < -0.3 is 14.8 Å². The van der Waals surface area contributed by atoms with Crippen molar-refractivity contribution in [2.45, 2.75) is 0 Å². The van der Waals surface area contributed by atoms with E-state index in [9.17, 15) is 8.42 Å². The highest BCUT2D eigenvalue weighted by Gasteiger charge is 2.17. The number of fused-ring (bicyclic) bond motifs is 1. The van der Waals surface area contributed by atoms with Crippen molar-refractivity contribution in [2.24, 2.45) is 0 Å². The quantitative estimate of drug-likeness (QED) is 0.472. The Labute approximate surface area is 191 Å². The third-order valence-corrected chi connectivity index (χ3v) is 5.88. The zero-order chi connectivity index (χ0) is 22.7. The molecule has 32 heavy (non-hydrogen) atoms. The first kappa shape index (κ1) is 22.6. The Bertz CT molecular complexity index is 1210. The second kappa shape index (κ2) is 9.49. The van der Waals surface area contributed by atoms with Gasteiger partial charge in [-0.15, -0.1) is 5.10 Å². The number of morpholine rings is 1. The Morgan fingerprint density at radius 3 is 2.75 bits per heavy atom. The van der Waals surface area contributed by atoms with Crippen LogP contribution in [0.25, 0.3) is 16.6 Å². The molecule has 3 aromatic rings. The van der Waals surface area contributed by atoms with Crippen molar-refractivity contribution in [3.63, 3.8) is 0 Å². The number of nitrogens with zero attached hydrogens (tertiary/aromatic N) is 4. The molecule has 0 saturated carbocycles. The van der Waals surface area contributed by atoms with Crippen LogP contribution in [0.4, 0.5) is 11.5 Å². The second-order valence-corrected chi connectivity index (χ2v) is 9.56. The Morgan fingerprint density at radius 2 is 2.03 bits per heavy atom. The van der Waals surface area contributed by atoms with Crippen molar-refractivity contribution in [3.8, 4) is 11.4 Å². The molecule has 1 aliphatic heterocycles. The molecule has 3 heterocycles. The number of ether oxygens (including phenoxy) is 2. The molecule has 4 rings (SSSR count). The highest BCUT2D eigenvalue weighted by molar-refractivity contribution is 7.92. The first-order valence-electron chi connectivity index (χ1n) is 10.1. The molecule has 172 valence electrons. The number of hydrogen-bond donors (Lipinski definition) is 2. The molecule has 0 aliphatic carbocycles. The standard InChI is InChI=1S/C20H25ClN6O4S/c1-30-18-11-14(25-32(2,28)29)3-4-16(18)27-17-12-19(21)23-13-15(17)20(24-27)22-5-6-26-7-9-31-10-8-26/h3-4,11-13,25H,5-10H2,1-2H3,(H,22,24). The minimum Gasteiger partial charge on any atom is -0.494 e. The van der Waals surface area contributed by atoms with Crippen molar-refractivity contribution >= 4 is 44.0 Å². The van der Waals surface area contributed by atoms with Crippen molar-refractivity contribution in [1.29, 1.82) is 0 Å². The van der Waals surface area contributed by atoms with E-state index in [-0.39, 0.29) is 0 Å². The fourth-order valence-corrected chi connectivity index (χ4v) is 4.29. The number of sulfonamides is 1. The van der Waals surface area contributed by atoms with Gasteiger partial charge in [0.05, 0.1) is 43.2 Å². The number of anilines is 2. The zero-order valence-electron chi connectivity index (χ0n) is 17.8. The maximum Gasteiger partial charge on any atom is 0.229 e. The lowest BCUT2D eigenvalue weighted by Gasteiger charge is -2.26. The number of pyridine rings is 1. The van der Waals surface area contributed by atoms with Gasteiger partial charge in [-0.25, -0.2) is 18.1 Å². The number of methoxy groups -OCH3 is 1. The van der Waals surface area contributed by atoms with Crippen molar-refractivity contribution in [1.82, 2.24) is 19.7 Å². The topological polar surface area (TPSA) is 111 Å². The molecule has 0 bridgehead atoms. The molecule has 0 amide bonds. The summed E-state index contributed by atoms with van der Waals surface area (Å²) in [4.78, 5) is 6.54. The van der Waals surface area contributed by atoms with E-state index in [0.29, 0.717) is 34.6 Å². The summed E-state index contributed by atoms with van der Waals surface area (Å²) in [6.07, 6.45) is 2.78. The highest BCUT2D eigenvalue weighted by Crippen LogP contribution is 2.32. The van der Waals surface area contributed by atoms with Crippen LogP contribution in [-0.2, 0) is 14.8 Å². The van der Waals surface area contributed by atoms with E-state index >= 15 is 0 Å². The van der Waals surface area contributed by atoms with Gasteiger partial charge in [-0.1, -0.05) is 11.6 Å². The second-order valence-electron chi connectivity index (χ2n) is 7.43. The van der Waals surface area contributed by atoms with E-state index < -0.39 is 10.0 Å². The molecule has 1 fully saturated rings. The SMILES string of the molecule is COc1cc(NS(C)(=O)=O)ccc1-n1nc(NCCN2CCOCC2)c2cnc(Cl)cc21. The van der Waals surface area contributed by atoms with Crippen LogP contribution in [0.3, 0.4) is 0 Å². The van der Waals surface area contributed by atoms with Crippen LogP contribution in [0.5, 0.6) is 5.75 Å². The summed E-state index contributed by atoms with van der Waals surface area (Å²) in [6.45, 7) is 4.92. The average molecular weight is 481 g/mol. The largest absolute Gasteiger partial charge is 0.494 e. The van der Waals surface area contributed by atoms with Gasteiger partial charge in [0.15, 0.2) is 5.82 Å².